The third-order valence-corrected chi connectivity index (χ3v) is 6.18. The number of nitrogens with zero attached hydrogens (tertiary/aromatic N) is 3. The Labute approximate surface area is 209 Å². The van der Waals surface area contributed by atoms with Crippen molar-refractivity contribution >= 4 is 29.9 Å². The van der Waals surface area contributed by atoms with Crippen LogP contribution in [-0.2, 0) is 6.54 Å². The summed E-state index contributed by atoms with van der Waals surface area (Å²) in [5.41, 5.74) is 1.20. The van der Waals surface area contributed by atoms with Gasteiger partial charge in [0.1, 0.15) is 5.75 Å². The lowest BCUT2D eigenvalue weighted by Gasteiger charge is -2.23. The van der Waals surface area contributed by atoms with Crippen LogP contribution >= 0.6 is 24.0 Å². The standard InChI is InChI=1S/C25H34N4O2.HI/c1-26-25(29-16-13-21(19-29)18-28-14-5-6-15-28)27-17-20-9-11-22(12-10-20)31-24-8-4-3-7-23(24)30-2;/h3-4,7-12,21H,5-6,13-19H2,1-2H3,(H,26,27);1H. The van der Waals surface area contributed by atoms with Gasteiger partial charge >= 0.3 is 0 Å². The van der Waals surface area contributed by atoms with Crippen LogP contribution in [0.4, 0.5) is 0 Å². The molecule has 6 nitrogen and oxygen atoms in total. The zero-order chi connectivity index (χ0) is 21.5. The molecular formula is C25H35IN4O2. The summed E-state index contributed by atoms with van der Waals surface area (Å²) in [7, 11) is 3.53. The zero-order valence-electron chi connectivity index (χ0n) is 19.1. The van der Waals surface area contributed by atoms with Crippen LogP contribution in [-0.4, -0.2) is 62.6 Å². The topological polar surface area (TPSA) is 49.3 Å². The summed E-state index contributed by atoms with van der Waals surface area (Å²) >= 11 is 0. The van der Waals surface area contributed by atoms with Crippen LogP contribution in [0.25, 0.3) is 0 Å². The summed E-state index contributed by atoms with van der Waals surface area (Å²) in [6.07, 6.45) is 3.98. The average Bonchev–Trinajstić information content (AvgIpc) is 3.49. The van der Waals surface area contributed by atoms with Gasteiger partial charge in [-0.2, -0.15) is 0 Å². The van der Waals surface area contributed by atoms with Crippen LogP contribution in [0.2, 0.25) is 0 Å². The molecule has 1 unspecified atom stereocenters. The van der Waals surface area contributed by atoms with Crippen molar-refractivity contribution in [1.82, 2.24) is 15.1 Å². The van der Waals surface area contributed by atoms with Crippen LogP contribution in [0.3, 0.4) is 0 Å². The fourth-order valence-corrected chi connectivity index (χ4v) is 4.52. The molecule has 2 aliphatic rings. The molecule has 32 heavy (non-hydrogen) atoms. The highest BCUT2D eigenvalue weighted by Gasteiger charge is 2.27. The number of aliphatic imine (C=N–C) groups is 1. The molecule has 0 saturated carbocycles. The Morgan fingerprint density at radius 3 is 2.44 bits per heavy atom. The number of methoxy groups -OCH3 is 1. The van der Waals surface area contributed by atoms with Crippen LogP contribution < -0.4 is 14.8 Å². The Hall–Kier alpha value is -2.00. The highest BCUT2D eigenvalue weighted by molar-refractivity contribution is 14.0. The van der Waals surface area contributed by atoms with Crippen LogP contribution in [0.15, 0.2) is 53.5 Å². The molecule has 2 aliphatic heterocycles. The lowest BCUT2D eigenvalue weighted by molar-refractivity contribution is 0.281. The van der Waals surface area contributed by atoms with Crippen molar-refractivity contribution in [2.75, 3.05) is 46.9 Å². The van der Waals surface area contributed by atoms with Gasteiger partial charge < -0.3 is 24.6 Å². The molecule has 0 aliphatic carbocycles. The van der Waals surface area contributed by atoms with E-state index < -0.39 is 0 Å². The van der Waals surface area contributed by atoms with Crippen molar-refractivity contribution in [3.63, 3.8) is 0 Å². The number of hydrogen-bond donors (Lipinski definition) is 1. The van der Waals surface area contributed by atoms with E-state index in [-0.39, 0.29) is 24.0 Å². The van der Waals surface area contributed by atoms with E-state index in [2.05, 4.69) is 32.2 Å². The molecule has 0 bridgehead atoms. The highest BCUT2D eigenvalue weighted by Crippen LogP contribution is 2.30. The predicted octanol–water partition coefficient (Wildman–Crippen LogP) is 4.60. The maximum atomic E-state index is 5.97. The van der Waals surface area contributed by atoms with Crippen LogP contribution in [0.1, 0.15) is 24.8 Å². The summed E-state index contributed by atoms with van der Waals surface area (Å²) in [5, 5.41) is 3.53. The normalized spacial score (nSPS) is 19.0. The molecule has 0 spiro atoms. The second-order valence-corrected chi connectivity index (χ2v) is 8.41. The number of halogens is 1. The minimum Gasteiger partial charge on any atom is -0.493 e. The van der Waals surface area contributed by atoms with E-state index >= 15 is 0 Å². The maximum Gasteiger partial charge on any atom is 0.193 e. The smallest absolute Gasteiger partial charge is 0.193 e. The molecule has 2 saturated heterocycles. The first-order valence-corrected chi connectivity index (χ1v) is 11.3. The van der Waals surface area contributed by atoms with Crippen molar-refractivity contribution in [2.24, 2.45) is 10.9 Å². The molecular weight excluding hydrogens is 515 g/mol. The maximum absolute atomic E-state index is 5.97. The van der Waals surface area contributed by atoms with Gasteiger partial charge in [0.2, 0.25) is 0 Å². The number of para-hydroxylation sites is 2. The summed E-state index contributed by atoms with van der Waals surface area (Å²) < 4.78 is 11.3. The second-order valence-electron chi connectivity index (χ2n) is 8.41. The second kappa shape index (κ2) is 12.3. The first-order valence-electron chi connectivity index (χ1n) is 11.3. The first-order chi connectivity index (χ1) is 15.2. The largest absolute Gasteiger partial charge is 0.493 e. The van der Waals surface area contributed by atoms with Gasteiger partial charge in [-0.3, -0.25) is 4.99 Å². The molecule has 2 aromatic carbocycles. The number of benzene rings is 2. The van der Waals surface area contributed by atoms with E-state index in [9.17, 15) is 0 Å². The first kappa shape index (κ1) is 24.6. The number of guanidine groups is 1. The fourth-order valence-electron chi connectivity index (χ4n) is 4.52. The van der Waals surface area contributed by atoms with Crippen LogP contribution in [0, 0.1) is 5.92 Å². The number of rotatable bonds is 7. The van der Waals surface area contributed by atoms with Gasteiger partial charge in [-0.25, -0.2) is 0 Å². The summed E-state index contributed by atoms with van der Waals surface area (Å²) in [6.45, 7) is 6.72. The van der Waals surface area contributed by atoms with Gasteiger partial charge in [0.15, 0.2) is 17.5 Å². The Morgan fingerprint density at radius 1 is 1.03 bits per heavy atom. The molecule has 2 fully saturated rings. The molecule has 1 N–H and O–H groups in total. The van der Waals surface area contributed by atoms with Crippen LogP contribution in [0.5, 0.6) is 17.2 Å². The minimum absolute atomic E-state index is 0. The zero-order valence-corrected chi connectivity index (χ0v) is 21.5. The molecule has 174 valence electrons. The van der Waals surface area contributed by atoms with Gasteiger partial charge in [0.05, 0.1) is 7.11 Å². The van der Waals surface area contributed by atoms with E-state index in [1.807, 2.05) is 43.4 Å². The van der Waals surface area contributed by atoms with Gasteiger partial charge in [-0.05, 0) is 68.1 Å². The number of likely N-dealkylation sites (tertiary alicyclic amines) is 2. The monoisotopic (exact) mass is 550 g/mol. The Morgan fingerprint density at radius 2 is 1.75 bits per heavy atom. The third kappa shape index (κ3) is 6.51. The molecule has 2 aromatic rings. The Bertz CT molecular complexity index is 869. The molecule has 0 aromatic heterocycles. The van der Waals surface area contributed by atoms with Crippen molar-refractivity contribution in [3.8, 4) is 17.2 Å². The summed E-state index contributed by atoms with van der Waals surface area (Å²) in [5.74, 6) is 3.99. The van der Waals surface area contributed by atoms with E-state index in [1.54, 1.807) is 7.11 Å². The lowest BCUT2D eigenvalue weighted by atomic mass is 10.1. The van der Waals surface area contributed by atoms with Gasteiger partial charge in [0.25, 0.3) is 0 Å². The highest BCUT2D eigenvalue weighted by atomic mass is 127. The quantitative estimate of drug-likeness (QED) is 0.311. The Kier molecular flexibility index (Phi) is 9.47. The van der Waals surface area contributed by atoms with E-state index in [4.69, 9.17) is 9.47 Å². The van der Waals surface area contributed by atoms with Crippen molar-refractivity contribution in [2.45, 2.75) is 25.8 Å². The predicted molar refractivity (Wildman–Crippen MR) is 140 cm³/mol. The molecule has 0 radical (unpaired) electrons. The van der Waals surface area contributed by atoms with Crippen molar-refractivity contribution < 1.29 is 9.47 Å². The molecule has 7 heteroatoms. The number of hydrogen-bond acceptors (Lipinski definition) is 4. The van der Waals surface area contributed by atoms with Gasteiger partial charge in [0, 0.05) is 33.2 Å². The molecule has 4 rings (SSSR count). The van der Waals surface area contributed by atoms with E-state index in [0.29, 0.717) is 5.75 Å². The van der Waals surface area contributed by atoms with Crippen molar-refractivity contribution in [3.05, 3.63) is 54.1 Å². The summed E-state index contributed by atoms with van der Waals surface area (Å²) in [6, 6.07) is 15.8. The van der Waals surface area contributed by atoms with E-state index in [0.717, 1.165) is 43.0 Å². The molecule has 0 amide bonds. The Balaban J connectivity index is 0.00000289. The SMILES string of the molecule is CN=C(NCc1ccc(Oc2ccccc2OC)cc1)N1CCC(CN2CCCC2)C1.I. The number of ether oxygens (including phenoxy) is 2. The fraction of sp³-hybridized carbons (Fsp3) is 0.480. The minimum atomic E-state index is 0. The van der Waals surface area contributed by atoms with Gasteiger partial charge in [-0.1, -0.05) is 24.3 Å². The van der Waals surface area contributed by atoms with E-state index in [1.165, 1.54) is 44.5 Å². The van der Waals surface area contributed by atoms with Crippen molar-refractivity contribution in [1.29, 1.82) is 0 Å². The number of nitrogens with one attached hydrogen (secondary N) is 1. The lowest BCUT2D eigenvalue weighted by Crippen LogP contribution is -2.40. The van der Waals surface area contributed by atoms with Gasteiger partial charge in [-0.15, -0.1) is 24.0 Å². The molecule has 1 atom stereocenters. The third-order valence-electron chi connectivity index (χ3n) is 6.18. The summed E-state index contributed by atoms with van der Waals surface area (Å²) in [4.78, 5) is 9.55. The molecule has 2 heterocycles. The average molecular weight is 550 g/mol.